The van der Waals surface area contributed by atoms with Crippen LogP contribution in [-0.4, -0.2) is 37.1 Å². The van der Waals surface area contributed by atoms with E-state index in [2.05, 4.69) is 6.07 Å². The SMILES string of the molecule is O=C(Cc1ccccc1)N1CCC(c2c3c(cc4c2OCC4)OCC3)CC1. The van der Waals surface area contributed by atoms with Crippen molar-refractivity contribution in [1.29, 1.82) is 0 Å². The lowest BCUT2D eigenvalue weighted by Gasteiger charge is -2.33. The summed E-state index contributed by atoms with van der Waals surface area (Å²) in [4.78, 5) is 14.7. The summed E-state index contributed by atoms with van der Waals surface area (Å²) in [6.45, 7) is 3.21. The maximum atomic E-state index is 12.7. The lowest BCUT2D eigenvalue weighted by Crippen LogP contribution is -2.39. The number of benzene rings is 2. The molecule has 140 valence electrons. The van der Waals surface area contributed by atoms with Crippen molar-refractivity contribution >= 4 is 5.91 Å². The predicted octanol–water partition coefficient (Wildman–Crippen LogP) is 3.51. The zero-order chi connectivity index (χ0) is 18.2. The summed E-state index contributed by atoms with van der Waals surface area (Å²) in [6.07, 6.45) is 4.47. The number of rotatable bonds is 3. The minimum Gasteiger partial charge on any atom is -0.493 e. The van der Waals surface area contributed by atoms with Gasteiger partial charge in [-0.2, -0.15) is 0 Å². The third-order valence-electron chi connectivity index (χ3n) is 6.15. The number of fused-ring (bicyclic) bond motifs is 2. The highest BCUT2D eigenvalue weighted by Crippen LogP contribution is 2.46. The first kappa shape index (κ1) is 16.7. The van der Waals surface area contributed by atoms with E-state index in [0.717, 1.165) is 69.0 Å². The van der Waals surface area contributed by atoms with Crippen LogP contribution in [0.1, 0.15) is 41.0 Å². The van der Waals surface area contributed by atoms with Crippen LogP contribution in [-0.2, 0) is 24.1 Å². The second-order valence-corrected chi connectivity index (χ2v) is 7.77. The lowest BCUT2D eigenvalue weighted by molar-refractivity contribution is -0.131. The molecule has 0 atom stereocenters. The van der Waals surface area contributed by atoms with Crippen LogP contribution in [0, 0.1) is 0 Å². The maximum absolute atomic E-state index is 12.7. The number of likely N-dealkylation sites (tertiary alicyclic amines) is 1. The Hall–Kier alpha value is -2.49. The van der Waals surface area contributed by atoms with Gasteiger partial charge in [-0.05, 0) is 30.4 Å². The molecular weight excluding hydrogens is 338 g/mol. The van der Waals surface area contributed by atoms with Gasteiger partial charge in [0, 0.05) is 42.6 Å². The van der Waals surface area contributed by atoms with Crippen molar-refractivity contribution in [3.05, 3.63) is 58.7 Å². The summed E-state index contributed by atoms with van der Waals surface area (Å²) >= 11 is 0. The molecule has 1 fully saturated rings. The molecule has 1 saturated heterocycles. The number of piperidine rings is 1. The van der Waals surface area contributed by atoms with Gasteiger partial charge in [0.25, 0.3) is 0 Å². The smallest absolute Gasteiger partial charge is 0.226 e. The van der Waals surface area contributed by atoms with E-state index < -0.39 is 0 Å². The van der Waals surface area contributed by atoms with Gasteiger partial charge in [0.2, 0.25) is 5.91 Å². The molecule has 0 bridgehead atoms. The lowest BCUT2D eigenvalue weighted by atomic mass is 9.83. The van der Waals surface area contributed by atoms with E-state index in [-0.39, 0.29) is 5.91 Å². The Kier molecular flexibility index (Phi) is 4.27. The van der Waals surface area contributed by atoms with Crippen molar-refractivity contribution in [1.82, 2.24) is 4.90 Å². The fourth-order valence-electron chi connectivity index (χ4n) is 4.75. The Morgan fingerprint density at radius 3 is 2.63 bits per heavy atom. The van der Waals surface area contributed by atoms with Gasteiger partial charge in [-0.25, -0.2) is 0 Å². The van der Waals surface area contributed by atoms with Crippen LogP contribution in [0.5, 0.6) is 11.5 Å². The monoisotopic (exact) mass is 363 g/mol. The number of carbonyl (C=O) groups is 1. The highest BCUT2D eigenvalue weighted by molar-refractivity contribution is 5.79. The van der Waals surface area contributed by atoms with Gasteiger partial charge in [0.15, 0.2) is 0 Å². The number of hydrogen-bond acceptors (Lipinski definition) is 3. The molecule has 3 heterocycles. The topological polar surface area (TPSA) is 38.8 Å². The molecule has 3 aliphatic rings. The molecule has 0 N–H and O–H groups in total. The van der Waals surface area contributed by atoms with Crippen LogP contribution in [0.3, 0.4) is 0 Å². The molecule has 1 amide bonds. The van der Waals surface area contributed by atoms with E-state index >= 15 is 0 Å². The second-order valence-electron chi connectivity index (χ2n) is 7.77. The molecule has 4 heteroatoms. The summed E-state index contributed by atoms with van der Waals surface area (Å²) in [5, 5.41) is 0. The molecule has 0 radical (unpaired) electrons. The van der Waals surface area contributed by atoms with Crippen LogP contribution in [0.2, 0.25) is 0 Å². The van der Waals surface area contributed by atoms with Crippen LogP contribution < -0.4 is 9.47 Å². The van der Waals surface area contributed by atoms with Gasteiger partial charge in [-0.1, -0.05) is 30.3 Å². The summed E-state index contributed by atoms with van der Waals surface area (Å²) in [6, 6.07) is 12.2. The van der Waals surface area contributed by atoms with Crippen LogP contribution >= 0.6 is 0 Å². The predicted molar refractivity (Wildman–Crippen MR) is 104 cm³/mol. The van der Waals surface area contributed by atoms with Gasteiger partial charge < -0.3 is 14.4 Å². The summed E-state index contributed by atoms with van der Waals surface area (Å²) in [5.74, 6) is 2.89. The van der Waals surface area contributed by atoms with E-state index in [1.54, 1.807) is 0 Å². The molecule has 0 spiro atoms. The number of carbonyl (C=O) groups excluding carboxylic acids is 1. The first-order valence-electron chi connectivity index (χ1n) is 10.1. The standard InChI is InChI=1S/C23H25NO3/c25-21(14-16-4-2-1-3-5-16)24-10-6-17(7-11-24)22-19-9-13-26-20(19)15-18-8-12-27-23(18)22/h1-5,15,17H,6-14H2. The minimum absolute atomic E-state index is 0.239. The molecular formula is C23H25NO3. The Morgan fingerprint density at radius 1 is 1.04 bits per heavy atom. The number of hydrogen-bond donors (Lipinski definition) is 0. The normalized spacial score (nSPS) is 18.6. The Balaban J connectivity index is 1.31. The van der Waals surface area contributed by atoms with Gasteiger partial charge in [-0.15, -0.1) is 0 Å². The number of amides is 1. The van der Waals surface area contributed by atoms with Crippen LogP contribution in [0.15, 0.2) is 36.4 Å². The van der Waals surface area contributed by atoms with Crippen molar-refractivity contribution in [3.63, 3.8) is 0 Å². The van der Waals surface area contributed by atoms with Crippen molar-refractivity contribution in [2.45, 2.75) is 38.0 Å². The van der Waals surface area contributed by atoms with Crippen molar-refractivity contribution < 1.29 is 14.3 Å². The van der Waals surface area contributed by atoms with Gasteiger partial charge in [-0.3, -0.25) is 4.79 Å². The van der Waals surface area contributed by atoms with E-state index in [1.807, 2.05) is 35.2 Å². The zero-order valence-electron chi connectivity index (χ0n) is 15.6. The van der Waals surface area contributed by atoms with E-state index in [1.165, 1.54) is 16.7 Å². The summed E-state index contributed by atoms with van der Waals surface area (Å²) in [7, 11) is 0. The van der Waals surface area contributed by atoms with E-state index in [9.17, 15) is 4.79 Å². The number of nitrogens with zero attached hydrogens (tertiary/aromatic N) is 1. The van der Waals surface area contributed by atoms with E-state index in [4.69, 9.17) is 9.47 Å². The minimum atomic E-state index is 0.239. The van der Waals surface area contributed by atoms with E-state index in [0.29, 0.717) is 12.3 Å². The fourth-order valence-corrected chi connectivity index (χ4v) is 4.75. The average molecular weight is 363 g/mol. The molecule has 5 rings (SSSR count). The molecule has 3 aliphatic heterocycles. The highest BCUT2D eigenvalue weighted by atomic mass is 16.5. The first-order valence-corrected chi connectivity index (χ1v) is 10.1. The largest absolute Gasteiger partial charge is 0.493 e. The van der Waals surface area contributed by atoms with Crippen molar-refractivity contribution in [2.75, 3.05) is 26.3 Å². The Labute approximate surface area is 160 Å². The van der Waals surface area contributed by atoms with Gasteiger partial charge in [0.1, 0.15) is 11.5 Å². The summed E-state index contributed by atoms with van der Waals surface area (Å²) < 4.78 is 11.9. The van der Waals surface area contributed by atoms with Crippen molar-refractivity contribution in [2.24, 2.45) is 0 Å². The van der Waals surface area contributed by atoms with Gasteiger partial charge >= 0.3 is 0 Å². The number of ether oxygens (including phenoxy) is 2. The molecule has 0 aliphatic carbocycles. The molecule has 4 nitrogen and oxygen atoms in total. The third-order valence-corrected chi connectivity index (χ3v) is 6.15. The second kappa shape index (κ2) is 6.91. The van der Waals surface area contributed by atoms with Gasteiger partial charge in [0.05, 0.1) is 19.6 Å². The third kappa shape index (κ3) is 3.07. The fraction of sp³-hybridized carbons (Fsp3) is 0.435. The Morgan fingerprint density at radius 2 is 1.81 bits per heavy atom. The average Bonchev–Trinajstić information content (AvgIpc) is 3.36. The molecule has 2 aromatic rings. The summed E-state index contributed by atoms with van der Waals surface area (Å²) in [5.41, 5.74) is 5.12. The molecule has 27 heavy (non-hydrogen) atoms. The first-order chi connectivity index (χ1) is 13.3. The quantitative estimate of drug-likeness (QED) is 0.838. The molecule has 0 unspecified atom stereocenters. The van der Waals surface area contributed by atoms with Crippen molar-refractivity contribution in [3.8, 4) is 11.5 Å². The van der Waals surface area contributed by atoms with Crippen LogP contribution in [0.4, 0.5) is 0 Å². The molecule has 2 aromatic carbocycles. The molecule has 0 saturated carbocycles. The Bertz CT molecular complexity index is 821. The van der Waals surface area contributed by atoms with Crippen LogP contribution in [0.25, 0.3) is 0 Å². The molecule has 0 aromatic heterocycles. The highest BCUT2D eigenvalue weighted by Gasteiger charge is 2.33. The zero-order valence-corrected chi connectivity index (χ0v) is 15.6. The maximum Gasteiger partial charge on any atom is 0.226 e.